The molecule has 1 aliphatic rings. The quantitative estimate of drug-likeness (QED) is 0.905. The zero-order chi connectivity index (χ0) is 11.4. The van der Waals surface area contributed by atoms with Crippen molar-refractivity contribution in [3.63, 3.8) is 0 Å². The van der Waals surface area contributed by atoms with Gasteiger partial charge in [-0.1, -0.05) is 11.6 Å². The highest BCUT2D eigenvalue weighted by Crippen LogP contribution is 2.26. The van der Waals surface area contributed by atoms with Crippen molar-refractivity contribution in [1.29, 1.82) is 0 Å². The fraction of sp³-hybridized carbons (Fsp3) is 0.500. The number of hydrogen-bond acceptors (Lipinski definition) is 2. The van der Waals surface area contributed by atoms with Crippen LogP contribution in [0.3, 0.4) is 0 Å². The van der Waals surface area contributed by atoms with E-state index in [-0.39, 0.29) is 0 Å². The van der Waals surface area contributed by atoms with Crippen LogP contribution in [0.2, 0.25) is 5.02 Å². The fourth-order valence-corrected chi connectivity index (χ4v) is 2.70. The predicted octanol–water partition coefficient (Wildman–Crippen LogP) is 4.08. The number of halogens is 2. The monoisotopic (exact) mass is 303 g/mol. The van der Waals surface area contributed by atoms with Gasteiger partial charge in [-0.25, -0.2) is 0 Å². The standard InChI is InChI=1S/C12H15BrClNO/c13-11-8-9(14)3-4-12(11)15-6-5-10-2-1-7-16-10/h3-4,8,10,15H,1-2,5-7H2. The number of benzene rings is 1. The summed E-state index contributed by atoms with van der Waals surface area (Å²) in [5.41, 5.74) is 1.09. The van der Waals surface area contributed by atoms with Crippen molar-refractivity contribution in [2.75, 3.05) is 18.5 Å². The minimum absolute atomic E-state index is 0.443. The Kier molecular flexibility index (Phi) is 4.50. The van der Waals surface area contributed by atoms with E-state index in [2.05, 4.69) is 21.2 Å². The first-order chi connectivity index (χ1) is 7.75. The number of anilines is 1. The van der Waals surface area contributed by atoms with Crippen LogP contribution < -0.4 is 5.32 Å². The van der Waals surface area contributed by atoms with E-state index in [4.69, 9.17) is 16.3 Å². The van der Waals surface area contributed by atoms with Gasteiger partial charge in [0.15, 0.2) is 0 Å². The van der Waals surface area contributed by atoms with E-state index in [1.165, 1.54) is 12.8 Å². The summed E-state index contributed by atoms with van der Waals surface area (Å²) in [6, 6.07) is 5.78. The summed E-state index contributed by atoms with van der Waals surface area (Å²) < 4.78 is 6.57. The second-order valence-electron chi connectivity index (χ2n) is 3.97. The summed E-state index contributed by atoms with van der Waals surface area (Å²) >= 11 is 9.36. The van der Waals surface area contributed by atoms with Crippen LogP contribution in [-0.2, 0) is 4.74 Å². The van der Waals surface area contributed by atoms with Crippen molar-refractivity contribution in [3.05, 3.63) is 27.7 Å². The minimum atomic E-state index is 0.443. The van der Waals surface area contributed by atoms with Gasteiger partial charge in [0.1, 0.15) is 0 Å². The molecule has 1 heterocycles. The van der Waals surface area contributed by atoms with Crippen LogP contribution in [-0.4, -0.2) is 19.3 Å². The maximum atomic E-state index is 5.88. The van der Waals surface area contributed by atoms with E-state index in [1.54, 1.807) is 0 Å². The van der Waals surface area contributed by atoms with Gasteiger partial charge in [0.2, 0.25) is 0 Å². The Bertz CT molecular complexity index is 353. The normalized spacial score (nSPS) is 20.0. The zero-order valence-electron chi connectivity index (χ0n) is 9.01. The SMILES string of the molecule is Clc1ccc(NCCC2CCCO2)c(Br)c1. The molecule has 4 heteroatoms. The van der Waals surface area contributed by atoms with Gasteiger partial charge in [-0.2, -0.15) is 0 Å². The van der Waals surface area contributed by atoms with Gasteiger partial charge in [0.25, 0.3) is 0 Å². The first-order valence-corrected chi connectivity index (χ1v) is 6.73. The van der Waals surface area contributed by atoms with Crippen molar-refractivity contribution >= 4 is 33.2 Å². The number of hydrogen-bond donors (Lipinski definition) is 1. The Morgan fingerprint density at radius 3 is 3.06 bits per heavy atom. The maximum absolute atomic E-state index is 5.88. The van der Waals surface area contributed by atoms with Crippen molar-refractivity contribution in [2.24, 2.45) is 0 Å². The molecule has 1 N–H and O–H groups in total. The molecule has 2 nitrogen and oxygen atoms in total. The summed E-state index contributed by atoms with van der Waals surface area (Å²) in [5.74, 6) is 0. The Hall–Kier alpha value is -0.250. The third-order valence-electron chi connectivity index (χ3n) is 2.74. The third kappa shape index (κ3) is 3.37. The number of ether oxygens (including phenoxy) is 1. The molecule has 1 aromatic rings. The van der Waals surface area contributed by atoms with Gasteiger partial charge < -0.3 is 10.1 Å². The van der Waals surface area contributed by atoms with Gasteiger partial charge in [0, 0.05) is 28.3 Å². The molecule has 2 rings (SSSR count). The Morgan fingerprint density at radius 1 is 1.50 bits per heavy atom. The average Bonchev–Trinajstić information content (AvgIpc) is 2.74. The van der Waals surface area contributed by atoms with E-state index < -0.39 is 0 Å². The van der Waals surface area contributed by atoms with Gasteiger partial charge in [0.05, 0.1) is 6.10 Å². The molecule has 1 atom stereocenters. The zero-order valence-corrected chi connectivity index (χ0v) is 11.4. The highest BCUT2D eigenvalue weighted by Gasteiger charge is 2.14. The van der Waals surface area contributed by atoms with E-state index in [0.29, 0.717) is 6.10 Å². The first-order valence-electron chi connectivity index (χ1n) is 5.56. The second-order valence-corrected chi connectivity index (χ2v) is 5.27. The Morgan fingerprint density at radius 2 is 2.38 bits per heavy atom. The van der Waals surface area contributed by atoms with Gasteiger partial charge in [-0.3, -0.25) is 0 Å². The van der Waals surface area contributed by atoms with Crippen molar-refractivity contribution < 1.29 is 4.74 Å². The van der Waals surface area contributed by atoms with Crippen LogP contribution in [0.25, 0.3) is 0 Å². The number of rotatable bonds is 4. The van der Waals surface area contributed by atoms with Crippen LogP contribution >= 0.6 is 27.5 Å². The lowest BCUT2D eigenvalue weighted by Gasteiger charge is -2.12. The lowest BCUT2D eigenvalue weighted by Crippen LogP contribution is -2.12. The lowest BCUT2D eigenvalue weighted by atomic mass is 10.2. The van der Waals surface area contributed by atoms with Crippen LogP contribution in [0, 0.1) is 0 Å². The third-order valence-corrected chi connectivity index (χ3v) is 3.63. The largest absolute Gasteiger partial charge is 0.384 e. The molecule has 0 saturated carbocycles. The van der Waals surface area contributed by atoms with Crippen molar-refractivity contribution in [1.82, 2.24) is 0 Å². The molecule has 1 fully saturated rings. The first kappa shape index (κ1) is 12.2. The highest BCUT2D eigenvalue weighted by molar-refractivity contribution is 9.10. The predicted molar refractivity (Wildman–Crippen MR) is 71.2 cm³/mol. The van der Waals surface area contributed by atoms with E-state index >= 15 is 0 Å². The van der Waals surface area contributed by atoms with Crippen molar-refractivity contribution in [2.45, 2.75) is 25.4 Å². The van der Waals surface area contributed by atoms with Crippen LogP contribution in [0.15, 0.2) is 22.7 Å². The lowest BCUT2D eigenvalue weighted by molar-refractivity contribution is 0.107. The summed E-state index contributed by atoms with van der Waals surface area (Å²) in [4.78, 5) is 0. The molecular formula is C12H15BrClNO. The molecule has 0 spiro atoms. The average molecular weight is 305 g/mol. The fourth-order valence-electron chi connectivity index (χ4n) is 1.87. The maximum Gasteiger partial charge on any atom is 0.0592 e. The topological polar surface area (TPSA) is 21.3 Å². The summed E-state index contributed by atoms with van der Waals surface area (Å²) in [7, 11) is 0. The van der Waals surface area contributed by atoms with Gasteiger partial charge in [-0.05, 0) is 53.4 Å². The summed E-state index contributed by atoms with van der Waals surface area (Å²) in [5, 5.41) is 4.13. The highest BCUT2D eigenvalue weighted by atomic mass is 79.9. The van der Waals surface area contributed by atoms with Crippen LogP contribution in [0.5, 0.6) is 0 Å². The summed E-state index contributed by atoms with van der Waals surface area (Å²) in [6.07, 6.45) is 3.91. The van der Waals surface area contributed by atoms with Gasteiger partial charge in [-0.15, -0.1) is 0 Å². The molecule has 1 aromatic carbocycles. The summed E-state index contributed by atoms with van der Waals surface area (Å²) in [6.45, 7) is 1.86. The minimum Gasteiger partial charge on any atom is -0.384 e. The molecule has 1 aliphatic heterocycles. The molecule has 88 valence electrons. The van der Waals surface area contributed by atoms with Crippen molar-refractivity contribution in [3.8, 4) is 0 Å². The van der Waals surface area contributed by atoms with Crippen LogP contribution in [0.4, 0.5) is 5.69 Å². The molecule has 0 amide bonds. The molecule has 1 unspecified atom stereocenters. The molecule has 1 saturated heterocycles. The van der Waals surface area contributed by atoms with Crippen LogP contribution in [0.1, 0.15) is 19.3 Å². The molecule has 0 aromatic heterocycles. The van der Waals surface area contributed by atoms with E-state index in [9.17, 15) is 0 Å². The molecule has 0 aliphatic carbocycles. The molecule has 0 bridgehead atoms. The second kappa shape index (κ2) is 5.89. The van der Waals surface area contributed by atoms with E-state index in [1.807, 2.05) is 18.2 Å². The molecule has 0 radical (unpaired) electrons. The Balaban J connectivity index is 1.80. The Labute approximate surface area is 109 Å². The molecular weight excluding hydrogens is 289 g/mol. The number of nitrogens with one attached hydrogen (secondary N) is 1. The van der Waals surface area contributed by atoms with E-state index in [0.717, 1.165) is 34.8 Å². The smallest absolute Gasteiger partial charge is 0.0592 e. The van der Waals surface area contributed by atoms with Gasteiger partial charge >= 0.3 is 0 Å². The molecule has 16 heavy (non-hydrogen) atoms.